The lowest BCUT2D eigenvalue weighted by atomic mass is 10.1. The molecule has 0 aromatic heterocycles. The van der Waals surface area contributed by atoms with Crippen molar-refractivity contribution in [1.29, 1.82) is 5.26 Å². The monoisotopic (exact) mass is 243 g/mol. The van der Waals surface area contributed by atoms with E-state index in [9.17, 15) is 0 Å². The Hall–Kier alpha value is -1.69. The van der Waals surface area contributed by atoms with E-state index in [4.69, 9.17) is 11.0 Å². The zero-order chi connectivity index (χ0) is 13.1. The van der Waals surface area contributed by atoms with Crippen molar-refractivity contribution in [3.05, 3.63) is 23.8 Å². The Morgan fingerprint density at radius 3 is 2.72 bits per heavy atom. The van der Waals surface area contributed by atoms with Gasteiger partial charge in [-0.2, -0.15) is 5.26 Å². The van der Waals surface area contributed by atoms with Gasteiger partial charge in [-0.05, 0) is 42.5 Å². The zero-order valence-electron chi connectivity index (χ0n) is 11.2. The van der Waals surface area contributed by atoms with Crippen molar-refractivity contribution in [2.24, 2.45) is 5.92 Å². The minimum atomic E-state index is 0.389. The number of rotatable bonds is 5. The third kappa shape index (κ3) is 2.95. The molecule has 1 fully saturated rings. The highest BCUT2D eigenvalue weighted by Gasteiger charge is 2.29. The zero-order valence-corrected chi connectivity index (χ0v) is 11.2. The Morgan fingerprint density at radius 2 is 2.17 bits per heavy atom. The van der Waals surface area contributed by atoms with E-state index in [2.05, 4.69) is 36.9 Å². The first-order chi connectivity index (χ1) is 8.61. The van der Waals surface area contributed by atoms with Crippen molar-refractivity contribution in [2.45, 2.75) is 39.2 Å². The second-order valence-electron chi connectivity index (χ2n) is 5.50. The smallest absolute Gasteiger partial charge is 0.0670 e. The predicted octanol–water partition coefficient (Wildman–Crippen LogP) is 2.96. The summed E-state index contributed by atoms with van der Waals surface area (Å²) in [6.45, 7) is 5.55. The van der Waals surface area contributed by atoms with Gasteiger partial charge in [0.1, 0.15) is 0 Å². The largest absolute Gasteiger partial charge is 0.398 e. The van der Waals surface area contributed by atoms with Crippen molar-refractivity contribution in [1.82, 2.24) is 0 Å². The number of nitriles is 1. The molecule has 0 bridgehead atoms. The quantitative estimate of drug-likeness (QED) is 0.809. The van der Waals surface area contributed by atoms with Gasteiger partial charge in [-0.15, -0.1) is 0 Å². The topological polar surface area (TPSA) is 53.0 Å². The van der Waals surface area contributed by atoms with Gasteiger partial charge in [0.25, 0.3) is 0 Å². The second-order valence-corrected chi connectivity index (χ2v) is 5.50. The molecular weight excluding hydrogens is 222 g/mol. The van der Waals surface area contributed by atoms with E-state index in [-0.39, 0.29) is 0 Å². The molecule has 0 atom stereocenters. The average Bonchev–Trinajstić information content (AvgIpc) is 3.13. The Morgan fingerprint density at radius 1 is 1.44 bits per heavy atom. The van der Waals surface area contributed by atoms with Gasteiger partial charge in [0, 0.05) is 24.0 Å². The summed E-state index contributed by atoms with van der Waals surface area (Å²) in [6, 6.07) is 8.96. The molecule has 2 rings (SSSR count). The molecule has 1 aromatic carbocycles. The Balaban J connectivity index is 2.24. The summed E-state index contributed by atoms with van der Waals surface area (Å²) in [7, 11) is 0. The van der Waals surface area contributed by atoms with Gasteiger partial charge in [-0.25, -0.2) is 0 Å². The van der Waals surface area contributed by atoms with Crippen LogP contribution in [-0.4, -0.2) is 12.6 Å². The fraction of sp³-hybridized carbons (Fsp3) is 0.533. The summed E-state index contributed by atoms with van der Waals surface area (Å²) >= 11 is 0. The molecule has 1 aliphatic carbocycles. The number of anilines is 2. The van der Waals surface area contributed by atoms with Crippen LogP contribution >= 0.6 is 0 Å². The summed E-state index contributed by atoms with van der Waals surface area (Å²) < 4.78 is 0. The molecule has 0 heterocycles. The van der Waals surface area contributed by atoms with Crippen LogP contribution in [0, 0.1) is 17.2 Å². The second kappa shape index (κ2) is 5.30. The van der Waals surface area contributed by atoms with Crippen LogP contribution in [0.5, 0.6) is 0 Å². The number of nitrogens with zero attached hydrogens (tertiary/aromatic N) is 2. The van der Waals surface area contributed by atoms with Gasteiger partial charge < -0.3 is 10.6 Å². The maximum atomic E-state index is 8.82. The molecule has 1 aliphatic rings. The van der Waals surface area contributed by atoms with Gasteiger partial charge in [0.2, 0.25) is 0 Å². The van der Waals surface area contributed by atoms with E-state index in [1.165, 1.54) is 18.5 Å². The van der Waals surface area contributed by atoms with Crippen LogP contribution in [0.15, 0.2) is 18.2 Å². The summed E-state index contributed by atoms with van der Waals surface area (Å²) in [5.41, 5.74) is 8.78. The molecule has 2 N–H and O–H groups in total. The minimum Gasteiger partial charge on any atom is -0.398 e. The molecule has 0 amide bonds. The lowest BCUT2D eigenvalue weighted by Gasteiger charge is -2.27. The van der Waals surface area contributed by atoms with E-state index in [0.29, 0.717) is 18.4 Å². The van der Waals surface area contributed by atoms with E-state index in [1.807, 2.05) is 6.07 Å². The molecule has 1 saturated carbocycles. The summed E-state index contributed by atoms with van der Waals surface area (Å²) in [4.78, 5) is 2.46. The van der Waals surface area contributed by atoms with Crippen molar-refractivity contribution in [3.63, 3.8) is 0 Å². The molecule has 0 unspecified atom stereocenters. The maximum absolute atomic E-state index is 8.82. The first-order valence-corrected chi connectivity index (χ1v) is 6.63. The highest BCUT2D eigenvalue weighted by Crippen LogP contribution is 2.33. The highest BCUT2D eigenvalue weighted by atomic mass is 15.2. The van der Waals surface area contributed by atoms with E-state index in [1.54, 1.807) is 0 Å². The first kappa shape index (κ1) is 12.8. The SMILES string of the molecule is CC(C)CN(c1ccc(N)c(CC#N)c1)C1CC1. The molecule has 96 valence electrons. The third-order valence-corrected chi connectivity index (χ3v) is 3.28. The molecule has 1 aromatic rings. The minimum absolute atomic E-state index is 0.389. The lowest BCUT2D eigenvalue weighted by Crippen LogP contribution is -2.29. The van der Waals surface area contributed by atoms with Crippen LogP contribution in [0.1, 0.15) is 32.3 Å². The van der Waals surface area contributed by atoms with Crippen molar-refractivity contribution in [3.8, 4) is 6.07 Å². The Bertz CT molecular complexity index is 455. The van der Waals surface area contributed by atoms with E-state index in [0.717, 1.165) is 17.8 Å². The summed E-state index contributed by atoms with van der Waals surface area (Å²) in [5, 5.41) is 8.82. The first-order valence-electron chi connectivity index (χ1n) is 6.63. The van der Waals surface area contributed by atoms with Gasteiger partial charge in [0.15, 0.2) is 0 Å². The van der Waals surface area contributed by atoms with Crippen LogP contribution in [0.25, 0.3) is 0 Å². The predicted molar refractivity (Wildman–Crippen MR) is 75.4 cm³/mol. The van der Waals surface area contributed by atoms with Gasteiger partial charge >= 0.3 is 0 Å². The summed E-state index contributed by atoms with van der Waals surface area (Å²) in [5.74, 6) is 0.641. The number of hydrogen-bond donors (Lipinski definition) is 1. The fourth-order valence-electron chi connectivity index (χ4n) is 2.25. The average molecular weight is 243 g/mol. The molecular formula is C15H21N3. The van der Waals surface area contributed by atoms with Gasteiger partial charge in [-0.1, -0.05) is 13.8 Å². The standard InChI is InChI=1S/C15H21N3/c1-11(2)10-18(13-3-4-13)14-5-6-15(17)12(9-14)7-8-16/h5-6,9,11,13H,3-4,7,10,17H2,1-2H3. The number of nitrogen functional groups attached to an aromatic ring is 1. The molecule has 0 spiro atoms. The highest BCUT2D eigenvalue weighted by molar-refractivity contribution is 5.60. The molecule has 0 saturated heterocycles. The molecule has 3 nitrogen and oxygen atoms in total. The molecule has 18 heavy (non-hydrogen) atoms. The van der Waals surface area contributed by atoms with Crippen LogP contribution in [0.3, 0.4) is 0 Å². The Kier molecular flexibility index (Phi) is 3.76. The normalized spacial score (nSPS) is 14.6. The van der Waals surface area contributed by atoms with Gasteiger partial charge in [-0.3, -0.25) is 0 Å². The van der Waals surface area contributed by atoms with Gasteiger partial charge in [0.05, 0.1) is 12.5 Å². The van der Waals surface area contributed by atoms with Crippen molar-refractivity contribution < 1.29 is 0 Å². The maximum Gasteiger partial charge on any atom is 0.0670 e. The summed E-state index contributed by atoms with van der Waals surface area (Å²) in [6.07, 6.45) is 2.95. The van der Waals surface area contributed by atoms with E-state index < -0.39 is 0 Å². The Labute approximate surface area is 109 Å². The van der Waals surface area contributed by atoms with Crippen molar-refractivity contribution >= 4 is 11.4 Å². The van der Waals surface area contributed by atoms with Crippen LogP contribution in [0.2, 0.25) is 0 Å². The molecule has 3 heteroatoms. The van der Waals surface area contributed by atoms with Crippen LogP contribution in [0.4, 0.5) is 11.4 Å². The van der Waals surface area contributed by atoms with Crippen molar-refractivity contribution in [2.75, 3.05) is 17.2 Å². The lowest BCUT2D eigenvalue weighted by molar-refractivity contribution is 0.607. The number of nitrogens with two attached hydrogens (primary N) is 1. The van der Waals surface area contributed by atoms with Crippen LogP contribution in [-0.2, 0) is 6.42 Å². The fourth-order valence-corrected chi connectivity index (χ4v) is 2.25. The van der Waals surface area contributed by atoms with E-state index >= 15 is 0 Å². The molecule has 0 radical (unpaired) electrons. The molecule has 0 aliphatic heterocycles. The van der Waals surface area contributed by atoms with Crippen LogP contribution < -0.4 is 10.6 Å². The third-order valence-electron chi connectivity index (χ3n) is 3.28. The number of hydrogen-bond acceptors (Lipinski definition) is 3. The number of benzene rings is 1.